The van der Waals surface area contributed by atoms with Gasteiger partial charge in [0.05, 0.1) is 7.11 Å². The van der Waals surface area contributed by atoms with Gasteiger partial charge in [-0.15, -0.1) is 0 Å². The van der Waals surface area contributed by atoms with Crippen LogP contribution in [0.25, 0.3) is 0 Å². The summed E-state index contributed by atoms with van der Waals surface area (Å²) >= 11 is 0. The van der Waals surface area contributed by atoms with Crippen LogP contribution in [0.2, 0.25) is 0 Å². The molecule has 0 spiro atoms. The molecule has 1 aromatic rings. The first kappa shape index (κ1) is 14.2. The number of esters is 1. The molecule has 0 fully saturated rings. The fraction of sp³-hybridized carbons (Fsp3) is 0.273. The van der Waals surface area contributed by atoms with Crippen LogP contribution in [0.4, 0.5) is 5.69 Å². The third-order valence-corrected chi connectivity index (χ3v) is 3.26. The van der Waals surface area contributed by atoms with E-state index in [0.29, 0.717) is 5.56 Å². The van der Waals surface area contributed by atoms with E-state index >= 15 is 0 Å². The minimum atomic E-state index is -3.79. The zero-order valence-corrected chi connectivity index (χ0v) is 10.8. The molecule has 0 amide bonds. The second-order valence-electron chi connectivity index (χ2n) is 3.57. The average Bonchev–Trinajstić information content (AvgIpc) is 2.28. The van der Waals surface area contributed by atoms with Crippen LogP contribution in [-0.2, 0) is 19.6 Å². The van der Waals surface area contributed by atoms with Gasteiger partial charge >= 0.3 is 5.97 Å². The van der Waals surface area contributed by atoms with Crippen LogP contribution in [0.1, 0.15) is 17.3 Å². The van der Waals surface area contributed by atoms with Gasteiger partial charge < -0.3 is 4.74 Å². The zero-order valence-electron chi connectivity index (χ0n) is 9.97. The van der Waals surface area contributed by atoms with Gasteiger partial charge in [-0.3, -0.25) is 14.3 Å². The van der Waals surface area contributed by atoms with E-state index in [1.54, 1.807) is 0 Å². The molecular weight excluding hydrogens is 258 g/mol. The molecule has 0 aromatic heterocycles. The predicted octanol–water partition coefficient (Wildman–Crippen LogP) is 0.804. The second kappa shape index (κ2) is 5.63. The van der Waals surface area contributed by atoms with Crippen molar-refractivity contribution in [3.05, 3.63) is 29.8 Å². The first-order valence-corrected chi connectivity index (χ1v) is 6.67. The first-order valence-electron chi connectivity index (χ1n) is 5.02. The number of carbonyl (C=O) groups is 2. The first-order chi connectivity index (χ1) is 8.34. The van der Waals surface area contributed by atoms with E-state index in [1.807, 2.05) is 0 Å². The quantitative estimate of drug-likeness (QED) is 0.632. The zero-order chi connectivity index (χ0) is 13.8. The topological polar surface area (TPSA) is 89.5 Å². The minimum Gasteiger partial charge on any atom is -0.468 e. The van der Waals surface area contributed by atoms with E-state index in [4.69, 9.17) is 0 Å². The minimum absolute atomic E-state index is 0.112. The van der Waals surface area contributed by atoms with Gasteiger partial charge in [0.15, 0.2) is 11.5 Å². The number of sulfonamides is 1. The van der Waals surface area contributed by atoms with Gasteiger partial charge in [0.25, 0.3) is 0 Å². The molecule has 0 aliphatic heterocycles. The number of ether oxygens (including phenoxy) is 1. The molecule has 98 valence electrons. The highest BCUT2D eigenvalue weighted by molar-refractivity contribution is 7.93. The molecule has 1 aromatic carbocycles. The Bertz CT molecular complexity index is 547. The Hall–Kier alpha value is -1.89. The summed E-state index contributed by atoms with van der Waals surface area (Å²) in [5.41, 5.74) is 0.759. The third kappa shape index (κ3) is 4.17. The molecule has 6 nitrogen and oxygen atoms in total. The molecule has 0 bridgehead atoms. The molecule has 0 aliphatic carbocycles. The van der Waals surface area contributed by atoms with E-state index in [1.165, 1.54) is 31.2 Å². The highest BCUT2D eigenvalue weighted by Crippen LogP contribution is 2.12. The van der Waals surface area contributed by atoms with E-state index in [9.17, 15) is 18.0 Å². The third-order valence-electron chi connectivity index (χ3n) is 2.10. The standard InChI is InChI=1S/C11H13NO5S/c1-8(13)9-3-5-10(6-4-9)12-18(15,16)7-11(14)17-2/h3-6,12H,7H2,1-2H3. The second-order valence-corrected chi connectivity index (χ2v) is 5.29. The smallest absolute Gasteiger partial charge is 0.322 e. The van der Waals surface area contributed by atoms with Crippen molar-refractivity contribution < 1.29 is 22.7 Å². The number of anilines is 1. The van der Waals surface area contributed by atoms with Crippen LogP contribution in [0.3, 0.4) is 0 Å². The molecule has 0 heterocycles. The van der Waals surface area contributed by atoms with Gasteiger partial charge in [0.1, 0.15) is 0 Å². The number of nitrogens with one attached hydrogen (secondary N) is 1. The van der Waals surface area contributed by atoms with Crippen LogP contribution in [-0.4, -0.2) is 33.0 Å². The fourth-order valence-corrected chi connectivity index (χ4v) is 2.20. The van der Waals surface area contributed by atoms with Crippen LogP contribution in [0.15, 0.2) is 24.3 Å². The van der Waals surface area contributed by atoms with Crippen LogP contribution >= 0.6 is 0 Å². The molecule has 0 aliphatic rings. The van der Waals surface area contributed by atoms with Gasteiger partial charge in [-0.05, 0) is 31.2 Å². The van der Waals surface area contributed by atoms with Crippen LogP contribution < -0.4 is 4.72 Å². The van der Waals surface area contributed by atoms with Crippen molar-refractivity contribution in [3.8, 4) is 0 Å². The summed E-state index contributed by atoms with van der Waals surface area (Å²) in [6, 6.07) is 5.90. The maximum absolute atomic E-state index is 11.5. The maximum atomic E-state index is 11.5. The van der Waals surface area contributed by atoms with Crippen molar-refractivity contribution in [2.45, 2.75) is 6.92 Å². The lowest BCUT2D eigenvalue weighted by molar-refractivity contribution is -0.137. The summed E-state index contributed by atoms with van der Waals surface area (Å²) in [5.74, 6) is -1.71. The molecule has 1 rings (SSSR count). The van der Waals surface area contributed by atoms with Crippen molar-refractivity contribution in [2.75, 3.05) is 17.6 Å². The highest BCUT2D eigenvalue weighted by Gasteiger charge is 2.16. The molecule has 0 atom stereocenters. The number of rotatable bonds is 5. The monoisotopic (exact) mass is 271 g/mol. The van der Waals surface area contributed by atoms with Crippen LogP contribution in [0.5, 0.6) is 0 Å². The van der Waals surface area contributed by atoms with Crippen molar-refractivity contribution in [3.63, 3.8) is 0 Å². The van der Waals surface area contributed by atoms with E-state index in [-0.39, 0.29) is 11.5 Å². The van der Waals surface area contributed by atoms with Gasteiger partial charge in [-0.25, -0.2) is 8.42 Å². The van der Waals surface area contributed by atoms with E-state index < -0.39 is 21.7 Å². The van der Waals surface area contributed by atoms with Crippen molar-refractivity contribution in [1.29, 1.82) is 0 Å². The molecule has 1 N–H and O–H groups in total. The number of methoxy groups -OCH3 is 1. The Labute approximate surface area is 105 Å². The Balaban J connectivity index is 2.78. The Morgan fingerprint density at radius 2 is 1.78 bits per heavy atom. The van der Waals surface area contributed by atoms with E-state index in [2.05, 4.69) is 9.46 Å². The summed E-state index contributed by atoms with van der Waals surface area (Å²) < 4.78 is 29.5. The molecule has 0 unspecified atom stereocenters. The summed E-state index contributed by atoms with van der Waals surface area (Å²) in [4.78, 5) is 21.9. The number of benzene rings is 1. The number of carbonyl (C=O) groups excluding carboxylic acids is 2. The number of hydrogen-bond acceptors (Lipinski definition) is 5. The Kier molecular flexibility index (Phi) is 4.43. The molecular formula is C11H13NO5S. The molecule has 0 saturated heterocycles. The largest absolute Gasteiger partial charge is 0.468 e. The van der Waals surface area contributed by atoms with Gasteiger partial charge in [-0.1, -0.05) is 0 Å². The van der Waals surface area contributed by atoms with Gasteiger partial charge in [-0.2, -0.15) is 0 Å². The number of ketones is 1. The lowest BCUT2D eigenvalue weighted by Crippen LogP contribution is -2.23. The van der Waals surface area contributed by atoms with Crippen molar-refractivity contribution in [1.82, 2.24) is 0 Å². The van der Waals surface area contributed by atoms with Gasteiger partial charge in [0, 0.05) is 11.3 Å². The highest BCUT2D eigenvalue weighted by atomic mass is 32.2. The maximum Gasteiger partial charge on any atom is 0.322 e. The lowest BCUT2D eigenvalue weighted by atomic mass is 10.1. The number of Topliss-reactive ketones (excluding diaryl/α,β-unsaturated/α-hetero) is 1. The fourth-order valence-electron chi connectivity index (χ4n) is 1.20. The summed E-state index contributed by atoms with van der Waals surface area (Å²) in [6.45, 7) is 1.41. The SMILES string of the molecule is COC(=O)CS(=O)(=O)Nc1ccc(C(C)=O)cc1. The molecule has 0 radical (unpaired) electrons. The van der Waals surface area contributed by atoms with Gasteiger partial charge in [0.2, 0.25) is 10.0 Å². The number of hydrogen-bond donors (Lipinski definition) is 1. The summed E-state index contributed by atoms with van der Waals surface area (Å²) in [5, 5.41) is 0. The summed E-state index contributed by atoms with van der Waals surface area (Å²) in [6.07, 6.45) is 0. The Morgan fingerprint density at radius 3 is 2.22 bits per heavy atom. The Morgan fingerprint density at radius 1 is 1.22 bits per heavy atom. The average molecular weight is 271 g/mol. The van der Waals surface area contributed by atoms with E-state index in [0.717, 1.165) is 7.11 Å². The molecule has 0 saturated carbocycles. The predicted molar refractivity (Wildman–Crippen MR) is 65.9 cm³/mol. The molecule has 7 heteroatoms. The molecule has 18 heavy (non-hydrogen) atoms. The normalized spacial score (nSPS) is 10.8. The van der Waals surface area contributed by atoms with Crippen molar-refractivity contribution >= 4 is 27.5 Å². The van der Waals surface area contributed by atoms with Crippen molar-refractivity contribution in [2.24, 2.45) is 0 Å². The lowest BCUT2D eigenvalue weighted by Gasteiger charge is -2.07. The van der Waals surface area contributed by atoms with Crippen LogP contribution in [0, 0.1) is 0 Å². The summed E-state index contributed by atoms with van der Waals surface area (Å²) in [7, 11) is -2.68.